The highest BCUT2D eigenvalue weighted by Crippen LogP contribution is 1.97. The van der Waals surface area contributed by atoms with Gasteiger partial charge in [0.1, 0.15) is 0 Å². The van der Waals surface area contributed by atoms with Crippen molar-refractivity contribution in [1.82, 2.24) is 4.72 Å². The minimum atomic E-state index is -3.07. The zero-order valence-corrected chi connectivity index (χ0v) is 8.91. The van der Waals surface area contributed by atoms with Crippen molar-refractivity contribution in [1.29, 1.82) is 0 Å². The standard InChI is InChI=1S/C5H12BrNO3S/c1-10-4-5(6)3-7-11(2,8)9/h5,7H,3-4H2,1-2H3. The Bertz CT molecular complexity index is 192. The lowest BCUT2D eigenvalue weighted by atomic mass is 10.5. The molecule has 0 aliphatic carbocycles. The number of methoxy groups -OCH3 is 1. The van der Waals surface area contributed by atoms with Crippen LogP contribution in [0.5, 0.6) is 0 Å². The van der Waals surface area contributed by atoms with Gasteiger partial charge in [0.05, 0.1) is 17.7 Å². The second-order valence-electron chi connectivity index (χ2n) is 2.17. The number of rotatable bonds is 5. The first kappa shape index (κ1) is 11.4. The maximum absolute atomic E-state index is 10.6. The van der Waals surface area contributed by atoms with Gasteiger partial charge < -0.3 is 4.74 Å². The molecule has 6 heteroatoms. The predicted octanol–water partition coefficient (Wildman–Crippen LogP) is -0.0545. The number of hydrogen-bond donors (Lipinski definition) is 1. The van der Waals surface area contributed by atoms with Gasteiger partial charge in [-0.3, -0.25) is 0 Å². The van der Waals surface area contributed by atoms with Gasteiger partial charge in [-0.05, 0) is 0 Å². The molecule has 0 radical (unpaired) electrons. The molecule has 0 spiro atoms. The second kappa shape index (κ2) is 5.08. The molecule has 0 aliphatic rings. The van der Waals surface area contributed by atoms with E-state index in [1.54, 1.807) is 7.11 Å². The Morgan fingerprint density at radius 3 is 2.55 bits per heavy atom. The van der Waals surface area contributed by atoms with E-state index < -0.39 is 10.0 Å². The van der Waals surface area contributed by atoms with E-state index in [2.05, 4.69) is 20.7 Å². The van der Waals surface area contributed by atoms with Crippen LogP contribution in [-0.4, -0.2) is 39.8 Å². The molecule has 0 aromatic rings. The minimum Gasteiger partial charge on any atom is -0.383 e. The number of sulfonamides is 1. The summed E-state index contributed by atoms with van der Waals surface area (Å²) in [6.07, 6.45) is 1.12. The van der Waals surface area contributed by atoms with E-state index in [0.29, 0.717) is 13.2 Å². The van der Waals surface area contributed by atoms with Crippen molar-refractivity contribution in [3.8, 4) is 0 Å². The van der Waals surface area contributed by atoms with E-state index in [1.807, 2.05) is 0 Å². The van der Waals surface area contributed by atoms with E-state index in [4.69, 9.17) is 4.74 Å². The molecule has 1 atom stereocenters. The topological polar surface area (TPSA) is 55.4 Å². The first-order valence-electron chi connectivity index (χ1n) is 3.03. The molecule has 0 heterocycles. The fourth-order valence-electron chi connectivity index (χ4n) is 0.482. The molecule has 0 amide bonds. The average molecular weight is 246 g/mol. The Balaban J connectivity index is 3.54. The quantitative estimate of drug-likeness (QED) is 0.692. The van der Waals surface area contributed by atoms with Gasteiger partial charge in [0.15, 0.2) is 0 Å². The lowest BCUT2D eigenvalue weighted by Gasteiger charge is -2.07. The van der Waals surface area contributed by atoms with Gasteiger partial charge in [-0.15, -0.1) is 0 Å². The Labute approximate surface area is 75.5 Å². The molecule has 0 saturated heterocycles. The smallest absolute Gasteiger partial charge is 0.208 e. The lowest BCUT2D eigenvalue weighted by molar-refractivity contribution is 0.201. The third-order valence-corrected chi connectivity index (χ3v) is 2.19. The third kappa shape index (κ3) is 8.25. The van der Waals surface area contributed by atoms with Gasteiger partial charge in [-0.2, -0.15) is 0 Å². The summed E-state index contributed by atoms with van der Waals surface area (Å²) in [4.78, 5) is 0.0298. The highest BCUT2D eigenvalue weighted by atomic mass is 79.9. The maximum Gasteiger partial charge on any atom is 0.208 e. The van der Waals surface area contributed by atoms with Crippen molar-refractivity contribution in [2.24, 2.45) is 0 Å². The van der Waals surface area contributed by atoms with Gasteiger partial charge in [0, 0.05) is 13.7 Å². The van der Waals surface area contributed by atoms with Crippen LogP contribution in [0.3, 0.4) is 0 Å². The fraction of sp³-hybridized carbons (Fsp3) is 1.00. The maximum atomic E-state index is 10.6. The number of nitrogens with one attached hydrogen (secondary N) is 1. The van der Waals surface area contributed by atoms with E-state index >= 15 is 0 Å². The fourth-order valence-corrected chi connectivity index (χ4v) is 1.63. The van der Waals surface area contributed by atoms with Crippen molar-refractivity contribution in [2.45, 2.75) is 4.83 Å². The Kier molecular flexibility index (Phi) is 5.24. The van der Waals surface area contributed by atoms with E-state index in [1.165, 1.54) is 0 Å². The molecule has 68 valence electrons. The summed E-state index contributed by atoms with van der Waals surface area (Å²) < 4.78 is 28.3. The molecule has 0 aromatic carbocycles. The second-order valence-corrected chi connectivity index (χ2v) is 5.30. The first-order valence-corrected chi connectivity index (χ1v) is 5.84. The SMILES string of the molecule is COCC(Br)CNS(C)(=O)=O. The molecule has 0 saturated carbocycles. The molecule has 0 rings (SSSR count). The van der Waals surface area contributed by atoms with Crippen LogP contribution in [0.15, 0.2) is 0 Å². The van der Waals surface area contributed by atoms with Gasteiger partial charge in [0.2, 0.25) is 10.0 Å². The summed E-state index contributed by atoms with van der Waals surface area (Å²) in [5, 5.41) is 0. The molecule has 4 nitrogen and oxygen atoms in total. The lowest BCUT2D eigenvalue weighted by Crippen LogP contribution is -2.30. The summed E-state index contributed by atoms with van der Waals surface area (Å²) in [5.41, 5.74) is 0. The van der Waals surface area contributed by atoms with Crippen LogP contribution in [0.2, 0.25) is 0 Å². The van der Waals surface area contributed by atoms with Crippen LogP contribution in [0.4, 0.5) is 0 Å². The van der Waals surface area contributed by atoms with Crippen molar-refractivity contribution < 1.29 is 13.2 Å². The third-order valence-electron chi connectivity index (χ3n) is 0.915. The summed E-state index contributed by atoms with van der Waals surface area (Å²) in [6.45, 7) is 0.842. The van der Waals surface area contributed by atoms with Gasteiger partial charge in [-0.1, -0.05) is 15.9 Å². The summed E-state index contributed by atoms with van der Waals surface area (Å²) in [7, 11) is -1.51. The van der Waals surface area contributed by atoms with Gasteiger partial charge in [-0.25, -0.2) is 13.1 Å². The minimum absolute atomic E-state index is 0.0298. The number of alkyl halides is 1. The molecule has 11 heavy (non-hydrogen) atoms. The molecule has 0 aliphatic heterocycles. The van der Waals surface area contributed by atoms with Crippen molar-refractivity contribution >= 4 is 26.0 Å². The molecule has 0 bridgehead atoms. The van der Waals surface area contributed by atoms with Crippen LogP contribution >= 0.6 is 15.9 Å². The Hall–Kier alpha value is 0.350. The number of hydrogen-bond acceptors (Lipinski definition) is 3. The number of ether oxygens (including phenoxy) is 1. The van der Waals surface area contributed by atoms with Crippen LogP contribution in [0.25, 0.3) is 0 Å². The van der Waals surface area contributed by atoms with E-state index in [-0.39, 0.29) is 4.83 Å². The predicted molar refractivity (Wildman–Crippen MR) is 47.4 cm³/mol. The number of halogens is 1. The van der Waals surface area contributed by atoms with Crippen LogP contribution in [0.1, 0.15) is 0 Å². The first-order chi connectivity index (χ1) is 4.95. The highest BCUT2D eigenvalue weighted by molar-refractivity contribution is 9.09. The molecular weight excluding hydrogens is 234 g/mol. The summed E-state index contributed by atoms with van der Waals surface area (Å²) in [6, 6.07) is 0. The summed E-state index contributed by atoms with van der Waals surface area (Å²) in [5.74, 6) is 0. The highest BCUT2D eigenvalue weighted by Gasteiger charge is 2.06. The molecule has 1 N–H and O–H groups in total. The van der Waals surface area contributed by atoms with Crippen LogP contribution in [-0.2, 0) is 14.8 Å². The molecule has 0 aromatic heterocycles. The van der Waals surface area contributed by atoms with Crippen LogP contribution in [0, 0.1) is 0 Å². The zero-order chi connectivity index (χ0) is 8.91. The molecule has 1 unspecified atom stereocenters. The van der Waals surface area contributed by atoms with Crippen molar-refractivity contribution in [2.75, 3.05) is 26.5 Å². The van der Waals surface area contributed by atoms with Crippen molar-refractivity contribution in [3.63, 3.8) is 0 Å². The average Bonchev–Trinajstić information content (AvgIpc) is 1.83. The van der Waals surface area contributed by atoms with E-state index in [9.17, 15) is 8.42 Å². The Morgan fingerprint density at radius 2 is 2.18 bits per heavy atom. The van der Waals surface area contributed by atoms with Gasteiger partial charge >= 0.3 is 0 Å². The monoisotopic (exact) mass is 245 g/mol. The zero-order valence-electron chi connectivity index (χ0n) is 6.50. The van der Waals surface area contributed by atoms with Crippen LogP contribution < -0.4 is 4.72 Å². The largest absolute Gasteiger partial charge is 0.383 e. The normalized spacial score (nSPS) is 14.8. The van der Waals surface area contributed by atoms with Gasteiger partial charge in [0.25, 0.3) is 0 Å². The molecule has 0 fully saturated rings. The molecular formula is C5H12BrNO3S. The van der Waals surface area contributed by atoms with Crippen molar-refractivity contribution in [3.05, 3.63) is 0 Å². The Morgan fingerprint density at radius 1 is 1.64 bits per heavy atom. The van der Waals surface area contributed by atoms with E-state index in [0.717, 1.165) is 6.26 Å². The summed E-state index contributed by atoms with van der Waals surface area (Å²) >= 11 is 3.24.